The molecule has 0 aliphatic carbocycles. The van der Waals surface area contributed by atoms with Gasteiger partial charge in [-0.15, -0.1) is 0 Å². The van der Waals surface area contributed by atoms with Crippen molar-refractivity contribution in [1.29, 1.82) is 0 Å². The fourth-order valence-corrected chi connectivity index (χ4v) is 1.84. The minimum absolute atomic E-state index is 0.0857. The Bertz CT molecular complexity index is 167. The number of hydrogen-bond acceptors (Lipinski definition) is 5. The Labute approximate surface area is 95.8 Å². The molecule has 0 aromatic rings. The van der Waals surface area contributed by atoms with Gasteiger partial charge in [-0.25, -0.2) is 0 Å². The predicted octanol–water partition coefficient (Wildman–Crippen LogP) is 0.501. The number of thioether (sulfide) groups is 1. The van der Waals surface area contributed by atoms with Crippen LogP contribution in [0.15, 0.2) is 0 Å². The molecule has 0 radical (unpaired) electrons. The molecule has 0 aliphatic rings. The third kappa shape index (κ3) is 8.72. The minimum atomic E-state index is -0.171. The van der Waals surface area contributed by atoms with Crippen LogP contribution in [0, 0.1) is 5.92 Å². The molecular weight excluding hydrogens is 214 g/mol. The van der Waals surface area contributed by atoms with Crippen molar-refractivity contribution >= 4 is 17.7 Å². The van der Waals surface area contributed by atoms with Crippen molar-refractivity contribution in [3.8, 4) is 0 Å². The first-order valence-electron chi connectivity index (χ1n) is 5.19. The number of ether oxygens (including phenoxy) is 1. The second kappa shape index (κ2) is 10.3. The van der Waals surface area contributed by atoms with E-state index in [1.807, 2.05) is 6.92 Å². The molecule has 4 nitrogen and oxygen atoms in total. The molecule has 0 aliphatic heterocycles. The van der Waals surface area contributed by atoms with E-state index in [0.29, 0.717) is 6.54 Å². The van der Waals surface area contributed by atoms with Gasteiger partial charge in [-0.1, -0.05) is 6.92 Å². The quantitative estimate of drug-likeness (QED) is 0.450. The van der Waals surface area contributed by atoms with Crippen LogP contribution in [0.2, 0.25) is 0 Å². The van der Waals surface area contributed by atoms with E-state index in [0.717, 1.165) is 24.5 Å². The van der Waals surface area contributed by atoms with Crippen LogP contribution in [-0.4, -0.2) is 49.4 Å². The van der Waals surface area contributed by atoms with Crippen molar-refractivity contribution in [2.24, 2.45) is 5.92 Å². The maximum absolute atomic E-state index is 11.0. The van der Waals surface area contributed by atoms with E-state index in [-0.39, 0.29) is 18.5 Å². The average molecular weight is 235 g/mol. The topological polar surface area (TPSA) is 58.6 Å². The lowest BCUT2D eigenvalue weighted by Crippen LogP contribution is -2.28. The van der Waals surface area contributed by atoms with Gasteiger partial charge in [0.1, 0.15) is 0 Å². The van der Waals surface area contributed by atoms with Gasteiger partial charge in [0.25, 0.3) is 0 Å². The Morgan fingerprint density at radius 2 is 2.27 bits per heavy atom. The molecule has 0 aromatic heterocycles. The highest BCUT2D eigenvalue weighted by Crippen LogP contribution is 2.00. The molecule has 1 atom stereocenters. The van der Waals surface area contributed by atoms with Gasteiger partial charge in [0.05, 0.1) is 13.0 Å². The van der Waals surface area contributed by atoms with Crippen LogP contribution < -0.4 is 5.32 Å². The van der Waals surface area contributed by atoms with E-state index in [4.69, 9.17) is 5.11 Å². The van der Waals surface area contributed by atoms with Crippen molar-refractivity contribution in [3.63, 3.8) is 0 Å². The number of carbonyl (C=O) groups excluding carboxylic acids is 1. The summed E-state index contributed by atoms with van der Waals surface area (Å²) in [5.74, 6) is 1.74. The van der Waals surface area contributed by atoms with Crippen LogP contribution in [-0.2, 0) is 9.53 Å². The molecule has 0 aromatic carbocycles. The van der Waals surface area contributed by atoms with Gasteiger partial charge in [-0.3, -0.25) is 4.79 Å². The fraction of sp³-hybridized carbons (Fsp3) is 0.900. The summed E-state index contributed by atoms with van der Waals surface area (Å²) in [7, 11) is 1.41. The first-order valence-corrected chi connectivity index (χ1v) is 6.35. The second-order valence-corrected chi connectivity index (χ2v) is 4.54. The van der Waals surface area contributed by atoms with Crippen molar-refractivity contribution < 1.29 is 14.6 Å². The van der Waals surface area contributed by atoms with E-state index in [1.54, 1.807) is 11.8 Å². The van der Waals surface area contributed by atoms with Crippen LogP contribution in [0.25, 0.3) is 0 Å². The normalized spacial score (nSPS) is 12.5. The lowest BCUT2D eigenvalue weighted by atomic mass is 10.2. The molecule has 0 saturated heterocycles. The Morgan fingerprint density at radius 3 is 2.87 bits per heavy atom. The number of esters is 1. The Morgan fingerprint density at radius 1 is 1.53 bits per heavy atom. The standard InChI is InChI=1S/C10H21NO3S/c1-9(10(13)14-2)8-11-4-7-15-6-3-5-12/h9,11-12H,3-8H2,1-2H3. The molecule has 0 heterocycles. The molecule has 0 rings (SSSR count). The molecule has 15 heavy (non-hydrogen) atoms. The number of aliphatic hydroxyl groups excluding tert-OH is 1. The molecule has 0 spiro atoms. The number of nitrogens with one attached hydrogen (secondary N) is 1. The number of carbonyl (C=O) groups is 1. The highest BCUT2D eigenvalue weighted by atomic mass is 32.2. The number of aliphatic hydroxyl groups is 1. The zero-order valence-corrected chi connectivity index (χ0v) is 10.3. The summed E-state index contributed by atoms with van der Waals surface area (Å²) in [6.07, 6.45) is 0.850. The van der Waals surface area contributed by atoms with Gasteiger partial charge >= 0.3 is 5.97 Å². The van der Waals surface area contributed by atoms with Gasteiger partial charge in [0.2, 0.25) is 0 Å². The van der Waals surface area contributed by atoms with Crippen molar-refractivity contribution in [2.75, 3.05) is 38.3 Å². The Kier molecular flexibility index (Phi) is 10.1. The Balaban J connectivity index is 3.20. The number of rotatable bonds is 9. The van der Waals surface area contributed by atoms with Crippen LogP contribution in [0.1, 0.15) is 13.3 Å². The smallest absolute Gasteiger partial charge is 0.309 e. The van der Waals surface area contributed by atoms with E-state index in [1.165, 1.54) is 7.11 Å². The van der Waals surface area contributed by atoms with E-state index >= 15 is 0 Å². The summed E-state index contributed by atoms with van der Waals surface area (Å²) in [6.45, 7) is 3.65. The maximum atomic E-state index is 11.0. The minimum Gasteiger partial charge on any atom is -0.469 e. The predicted molar refractivity (Wildman–Crippen MR) is 63.1 cm³/mol. The van der Waals surface area contributed by atoms with Crippen LogP contribution in [0.5, 0.6) is 0 Å². The van der Waals surface area contributed by atoms with Gasteiger partial charge < -0.3 is 15.2 Å². The summed E-state index contributed by atoms with van der Waals surface area (Å²) in [6, 6.07) is 0. The van der Waals surface area contributed by atoms with Gasteiger partial charge in [-0.2, -0.15) is 11.8 Å². The molecular formula is C10H21NO3S. The fourth-order valence-electron chi connectivity index (χ4n) is 1.02. The first kappa shape index (κ1) is 14.7. The highest BCUT2D eigenvalue weighted by molar-refractivity contribution is 7.99. The summed E-state index contributed by atoms with van der Waals surface area (Å²) < 4.78 is 4.61. The Hall–Kier alpha value is -0.260. The lowest BCUT2D eigenvalue weighted by molar-refractivity contribution is -0.144. The number of hydrogen-bond donors (Lipinski definition) is 2. The zero-order valence-electron chi connectivity index (χ0n) is 9.49. The summed E-state index contributed by atoms with van der Waals surface area (Å²) in [5, 5.41) is 11.7. The second-order valence-electron chi connectivity index (χ2n) is 3.32. The van der Waals surface area contributed by atoms with Crippen LogP contribution >= 0.6 is 11.8 Å². The van der Waals surface area contributed by atoms with Crippen LogP contribution in [0.3, 0.4) is 0 Å². The van der Waals surface area contributed by atoms with Crippen molar-refractivity contribution in [2.45, 2.75) is 13.3 Å². The molecule has 2 N–H and O–H groups in total. The van der Waals surface area contributed by atoms with Crippen LogP contribution in [0.4, 0.5) is 0 Å². The van der Waals surface area contributed by atoms with Gasteiger partial charge in [-0.05, 0) is 12.2 Å². The first-order chi connectivity index (χ1) is 7.22. The number of methoxy groups -OCH3 is 1. The monoisotopic (exact) mass is 235 g/mol. The molecule has 0 fully saturated rings. The summed E-state index contributed by atoms with van der Waals surface area (Å²) in [4.78, 5) is 11.0. The van der Waals surface area contributed by atoms with Crippen molar-refractivity contribution in [1.82, 2.24) is 5.32 Å². The average Bonchev–Trinajstić information content (AvgIpc) is 2.26. The van der Waals surface area contributed by atoms with E-state index in [2.05, 4.69) is 10.1 Å². The molecule has 0 saturated carbocycles. The maximum Gasteiger partial charge on any atom is 0.309 e. The molecule has 0 bridgehead atoms. The summed E-state index contributed by atoms with van der Waals surface area (Å²) in [5.41, 5.74) is 0. The third-order valence-electron chi connectivity index (χ3n) is 1.92. The molecule has 5 heteroatoms. The molecule has 90 valence electrons. The highest BCUT2D eigenvalue weighted by Gasteiger charge is 2.11. The molecule has 1 unspecified atom stereocenters. The van der Waals surface area contributed by atoms with Gasteiger partial charge in [0.15, 0.2) is 0 Å². The van der Waals surface area contributed by atoms with Crippen molar-refractivity contribution in [3.05, 3.63) is 0 Å². The summed E-state index contributed by atoms with van der Waals surface area (Å²) >= 11 is 1.80. The molecule has 0 amide bonds. The largest absolute Gasteiger partial charge is 0.469 e. The van der Waals surface area contributed by atoms with E-state index in [9.17, 15) is 4.79 Å². The SMILES string of the molecule is COC(=O)C(C)CNCCSCCCO. The lowest BCUT2D eigenvalue weighted by Gasteiger charge is -2.09. The zero-order chi connectivity index (χ0) is 11.5. The van der Waals surface area contributed by atoms with E-state index < -0.39 is 0 Å². The third-order valence-corrected chi connectivity index (χ3v) is 2.99. The van der Waals surface area contributed by atoms with Gasteiger partial charge in [0, 0.05) is 25.4 Å².